The molecule has 2 aromatic carbocycles. The maximum absolute atomic E-state index is 13.7. The number of nitrogens with one attached hydrogen (secondary N) is 1. The minimum Gasteiger partial charge on any atom is -0.272 e. The summed E-state index contributed by atoms with van der Waals surface area (Å²) in [4.78, 5) is 43.4. The second-order valence-corrected chi connectivity index (χ2v) is 10.7. The summed E-state index contributed by atoms with van der Waals surface area (Å²) in [5.41, 5.74) is 4.22. The lowest BCUT2D eigenvalue weighted by molar-refractivity contribution is -0.384. The molecule has 0 saturated carbocycles. The van der Waals surface area contributed by atoms with E-state index < -0.39 is 10.8 Å². The van der Waals surface area contributed by atoms with Crippen molar-refractivity contribution >= 4 is 62.7 Å². The number of hydrogen-bond acceptors (Lipinski definition) is 8. The summed E-state index contributed by atoms with van der Waals surface area (Å²) in [5.74, 6) is -0.474. The second-order valence-electron chi connectivity index (χ2n) is 8.31. The fraction of sp³-hybridized carbons (Fsp3) is 0.200. The smallest absolute Gasteiger partial charge is 0.270 e. The number of benzene rings is 2. The van der Waals surface area contributed by atoms with Crippen molar-refractivity contribution in [3.05, 3.63) is 90.0 Å². The van der Waals surface area contributed by atoms with E-state index in [1.807, 2.05) is 30.3 Å². The van der Waals surface area contributed by atoms with Crippen LogP contribution in [0, 0.1) is 10.1 Å². The van der Waals surface area contributed by atoms with E-state index in [9.17, 15) is 19.7 Å². The molecule has 188 valence electrons. The van der Waals surface area contributed by atoms with Gasteiger partial charge in [0, 0.05) is 27.6 Å². The number of aromatic nitrogens is 2. The number of carbonyl (C=O) groups excluding carboxylic acids is 1. The molecule has 2 aromatic heterocycles. The number of hydrazone groups is 1. The molecule has 4 aromatic rings. The van der Waals surface area contributed by atoms with Gasteiger partial charge in [0.25, 0.3) is 17.2 Å². The quantitative estimate of drug-likeness (QED) is 0.111. The summed E-state index contributed by atoms with van der Waals surface area (Å²) in [6.45, 7) is 0. The van der Waals surface area contributed by atoms with E-state index in [-0.39, 0.29) is 22.0 Å². The molecule has 0 atom stereocenters. The molecule has 0 radical (unpaired) electrons. The Labute approximate surface area is 224 Å². The highest BCUT2D eigenvalue weighted by molar-refractivity contribution is 7.99. The molecule has 1 N–H and O–H groups in total. The van der Waals surface area contributed by atoms with Crippen molar-refractivity contribution in [2.24, 2.45) is 5.10 Å². The number of aryl methyl sites for hydroxylation is 2. The van der Waals surface area contributed by atoms with Crippen LogP contribution in [0.15, 0.2) is 63.6 Å². The van der Waals surface area contributed by atoms with Crippen LogP contribution in [0.3, 0.4) is 0 Å². The number of para-hydroxylation sites is 1. The van der Waals surface area contributed by atoms with Gasteiger partial charge < -0.3 is 0 Å². The van der Waals surface area contributed by atoms with Crippen molar-refractivity contribution in [1.29, 1.82) is 0 Å². The SMILES string of the molecule is O=C(CSc1nc2sc3c(c2c(=O)n1-c1ccccc1)CCCC3)NN=Cc1cc([N+](=O)[O-])ccc1Cl. The van der Waals surface area contributed by atoms with Crippen LogP contribution in [0.1, 0.15) is 28.8 Å². The van der Waals surface area contributed by atoms with E-state index in [1.165, 1.54) is 29.3 Å². The van der Waals surface area contributed by atoms with E-state index in [0.717, 1.165) is 43.0 Å². The summed E-state index contributed by atoms with van der Waals surface area (Å²) in [7, 11) is 0. The lowest BCUT2D eigenvalue weighted by atomic mass is 9.97. The van der Waals surface area contributed by atoms with Gasteiger partial charge >= 0.3 is 0 Å². The Bertz CT molecular complexity index is 1600. The van der Waals surface area contributed by atoms with E-state index in [1.54, 1.807) is 15.9 Å². The zero-order valence-corrected chi connectivity index (χ0v) is 21.7. The third kappa shape index (κ3) is 5.29. The van der Waals surface area contributed by atoms with Gasteiger partial charge in [0.05, 0.1) is 28.0 Å². The summed E-state index contributed by atoms with van der Waals surface area (Å²) in [6, 6.07) is 13.2. The van der Waals surface area contributed by atoms with Gasteiger partial charge in [0.1, 0.15) is 4.83 Å². The number of hydrogen-bond donors (Lipinski definition) is 1. The summed E-state index contributed by atoms with van der Waals surface area (Å²) < 4.78 is 1.56. The number of amides is 1. The zero-order valence-electron chi connectivity index (χ0n) is 19.3. The predicted molar refractivity (Wildman–Crippen MR) is 146 cm³/mol. The molecule has 37 heavy (non-hydrogen) atoms. The molecule has 1 aliphatic rings. The number of nitrogens with zero attached hydrogens (tertiary/aromatic N) is 4. The summed E-state index contributed by atoms with van der Waals surface area (Å²) in [6.07, 6.45) is 5.25. The van der Waals surface area contributed by atoms with E-state index >= 15 is 0 Å². The highest BCUT2D eigenvalue weighted by Crippen LogP contribution is 2.35. The molecule has 0 fully saturated rings. The van der Waals surface area contributed by atoms with Crippen LogP contribution < -0.4 is 11.0 Å². The molecule has 0 bridgehead atoms. The molecule has 9 nitrogen and oxygen atoms in total. The number of non-ortho nitro benzene ring substituents is 1. The number of thioether (sulfide) groups is 1. The Kier molecular flexibility index (Phi) is 7.36. The fourth-order valence-electron chi connectivity index (χ4n) is 4.17. The summed E-state index contributed by atoms with van der Waals surface area (Å²) >= 11 is 8.76. The predicted octanol–water partition coefficient (Wildman–Crippen LogP) is 5.13. The molecule has 0 saturated heterocycles. The lowest BCUT2D eigenvalue weighted by Gasteiger charge is -2.13. The van der Waals surface area contributed by atoms with Crippen molar-refractivity contribution in [3.63, 3.8) is 0 Å². The average molecular weight is 554 g/mol. The first kappa shape index (κ1) is 25.1. The minimum atomic E-state index is -0.539. The Balaban J connectivity index is 1.39. The molecule has 1 amide bonds. The average Bonchev–Trinajstić information content (AvgIpc) is 3.27. The molecular formula is C25H20ClN5O4S2. The van der Waals surface area contributed by atoms with Crippen molar-refractivity contribution in [2.75, 3.05) is 5.75 Å². The van der Waals surface area contributed by atoms with Gasteiger partial charge in [-0.1, -0.05) is 41.6 Å². The van der Waals surface area contributed by atoms with E-state index in [0.29, 0.717) is 26.6 Å². The van der Waals surface area contributed by atoms with Crippen molar-refractivity contribution in [1.82, 2.24) is 15.0 Å². The monoisotopic (exact) mass is 553 g/mol. The van der Waals surface area contributed by atoms with Crippen molar-refractivity contribution in [2.45, 2.75) is 30.8 Å². The van der Waals surface area contributed by atoms with Crippen LogP contribution in [0.25, 0.3) is 15.9 Å². The third-order valence-corrected chi connectivity index (χ3v) is 8.36. The van der Waals surface area contributed by atoms with E-state index in [4.69, 9.17) is 16.6 Å². The molecule has 12 heteroatoms. The first-order valence-electron chi connectivity index (χ1n) is 11.4. The Morgan fingerprint density at radius 2 is 2.03 bits per heavy atom. The Morgan fingerprint density at radius 1 is 1.24 bits per heavy atom. The standard InChI is InChI=1S/C25H20ClN5O4S2/c26-19-11-10-17(31(34)35)12-15(19)13-27-29-21(32)14-36-25-28-23-22(18-8-4-5-9-20(18)37-23)24(33)30(25)16-6-2-1-3-7-16/h1-3,6-7,10-13H,4-5,8-9,14H2,(H,29,32). The molecule has 0 unspecified atom stereocenters. The largest absolute Gasteiger partial charge is 0.272 e. The molecule has 1 aliphatic carbocycles. The first-order valence-corrected chi connectivity index (χ1v) is 13.6. The lowest BCUT2D eigenvalue weighted by Crippen LogP contribution is -2.24. The third-order valence-electron chi connectivity index (χ3n) is 5.89. The second kappa shape index (κ2) is 10.8. The minimum absolute atomic E-state index is 0.0458. The summed E-state index contributed by atoms with van der Waals surface area (Å²) in [5, 5.41) is 16.2. The number of rotatable bonds is 7. The Morgan fingerprint density at radius 3 is 2.81 bits per heavy atom. The van der Waals surface area contributed by atoms with Crippen molar-refractivity contribution < 1.29 is 9.72 Å². The van der Waals surface area contributed by atoms with Gasteiger partial charge in [-0.3, -0.25) is 24.3 Å². The normalized spacial score (nSPS) is 13.1. The molecular weight excluding hydrogens is 534 g/mol. The van der Waals surface area contributed by atoms with Gasteiger partial charge in [-0.15, -0.1) is 11.3 Å². The molecule has 0 aliphatic heterocycles. The number of thiophene rings is 1. The number of nitro benzene ring substituents is 1. The van der Waals surface area contributed by atoms with Crippen LogP contribution in [-0.2, 0) is 17.6 Å². The van der Waals surface area contributed by atoms with Crippen LogP contribution >= 0.6 is 34.7 Å². The zero-order chi connectivity index (χ0) is 25.9. The van der Waals surface area contributed by atoms with Crippen LogP contribution in [-0.4, -0.2) is 32.3 Å². The number of fused-ring (bicyclic) bond motifs is 3. The van der Waals surface area contributed by atoms with E-state index in [2.05, 4.69) is 10.5 Å². The maximum Gasteiger partial charge on any atom is 0.270 e. The van der Waals surface area contributed by atoms with Gasteiger partial charge in [0.15, 0.2) is 5.16 Å². The van der Waals surface area contributed by atoms with Gasteiger partial charge in [0.2, 0.25) is 0 Å². The molecule has 0 spiro atoms. The first-order chi connectivity index (χ1) is 17.9. The molecule has 2 heterocycles. The van der Waals surface area contributed by atoms with Crippen LogP contribution in [0.4, 0.5) is 5.69 Å². The van der Waals surface area contributed by atoms with Gasteiger partial charge in [-0.25, -0.2) is 10.4 Å². The van der Waals surface area contributed by atoms with Gasteiger partial charge in [-0.2, -0.15) is 5.10 Å². The number of carbonyl (C=O) groups is 1. The van der Waals surface area contributed by atoms with Crippen LogP contribution in [0.2, 0.25) is 5.02 Å². The molecule has 5 rings (SSSR count). The highest BCUT2D eigenvalue weighted by Gasteiger charge is 2.23. The Hall–Kier alpha value is -3.54. The number of nitro groups is 1. The van der Waals surface area contributed by atoms with Crippen LogP contribution in [0.5, 0.6) is 0 Å². The fourth-order valence-corrected chi connectivity index (χ4v) is 6.44. The number of halogens is 1. The topological polar surface area (TPSA) is 119 Å². The van der Waals surface area contributed by atoms with Crippen molar-refractivity contribution in [3.8, 4) is 5.69 Å². The highest BCUT2D eigenvalue weighted by atomic mass is 35.5. The van der Waals surface area contributed by atoms with Gasteiger partial charge in [-0.05, 0) is 49.4 Å². The maximum atomic E-state index is 13.7.